The minimum atomic E-state index is 1.03. The van der Waals surface area contributed by atoms with Crippen LogP contribution < -0.4 is 5.32 Å². The Bertz CT molecular complexity index is 134. The molecule has 0 unspecified atom stereocenters. The van der Waals surface area contributed by atoms with E-state index in [1.807, 2.05) is 0 Å². The first-order chi connectivity index (χ1) is 6.45. The van der Waals surface area contributed by atoms with E-state index in [1.165, 1.54) is 64.5 Å². The molecular formula is C12H23N. The molecule has 1 N–H and O–H groups in total. The highest BCUT2D eigenvalue weighted by Gasteiger charge is 2.17. The molecule has 2 rings (SSSR count). The van der Waals surface area contributed by atoms with Gasteiger partial charge in [-0.1, -0.05) is 32.1 Å². The van der Waals surface area contributed by atoms with E-state index in [9.17, 15) is 0 Å². The van der Waals surface area contributed by atoms with E-state index in [0.717, 1.165) is 11.8 Å². The van der Waals surface area contributed by atoms with E-state index >= 15 is 0 Å². The number of hydrogen-bond acceptors (Lipinski definition) is 1. The molecule has 76 valence electrons. The van der Waals surface area contributed by atoms with Crippen molar-refractivity contribution in [2.45, 2.75) is 51.4 Å². The predicted octanol–water partition coefficient (Wildman–Crippen LogP) is 2.96. The topological polar surface area (TPSA) is 12.0 Å². The summed E-state index contributed by atoms with van der Waals surface area (Å²) in [6.45, 7) is 2.58. The van der Waals surface area contributed by atoms with Gasteiger partial charge in [0.1, 0.15) is 0 Å². The first-order valence-corrected chi connectivity index (χ1v) is 6.16. The summed E-state index contributed by atoms with van der Waals surface area (Å²) in [6.07, 6.45) is 11.9. The van der Waals surface area contributed by atoms with Crippen LogP contribution in [0.1, 0.15) is 51.4 Å². The Morgan fingerprint density at radius 3 is 2.15 bits per heavy atom. The van der Waals surface area contributed by atoms with Crippen molar-refractivity contribution in [1.29, 1.82) is 0 Å². The molecule has 0 bridgehead atoms. The molecule has 2 aliphatic carbocycles. The Kier molecular flexibility index (Phi) is 3.65. The second-order valence-corrected chi connectivity index (χ2v) is 4.94. The molecule has 0 amide bonds. The zero-order valence-corrected chi connectivity index (χ0v) is 8.73. The van der Waals surface area contributed by atoms with Crippen LogP contribution in [0.4, 0.5) is 0 Å². The fourth-order valence-corrected chi connectivity index (χ4v) is 2.61. The first-order valence-electron chi connectivity index (χ1n) is 6.16. The van der Waals surface area contributed by atoms with Gasteiger partial charge in [-0.25, -0.2) is 0 Å². The smallest absolute Gasteiger partial charge is 0.00205 e. The van der Waals surface area contributed by atoms with Gasteiger partial charge in [0.05, 0.1) is 0 Å². The van der Waals surface area contributed by atoms with Gasteiger partial charge in [-0.3, -0.25) is 0 Å². The van der Waals surface area contributed by atoms with Crippen molar-refractivity contribution in [3.63, 3.8) is 0 Å². The lowest BCUT2D eigenvalue weighted by molar-refractivity contribution is 0.298. The third-order valence-corrected chi connectivity index (χ3v) is 3.86. The molecule has 2 saturated carbocycles. The van der Waals surface area contributed by atoms with Gasteiger partial charge >= 0.3 is 0 Å². The van der Waals surface area contributed by atoms with Crippen LogP contribution in [0.15, 0.2) is 0 Å². The van der Waals surface area contributed by atoms with Gasteiger partial charge < -0.3 is 5.32 Å². The molecule has 1 heteroatoms. The predicted molar refractivity (Wildman–Crippen MR) is 56.8 cm³/mol. The maximum Gasteiger partial charge on any atom is -0.00205 e. The van der Waals surface area contributed by atoms with Crippen molar-refractivity contribution < 1.29 is 0 Å². The Morgan fingerprint density at radius 2 is 1.54 bits per heavy atom. The van der Waals surface area contributed by atoms with Crippen LogP contribution in [0.3, 0.4) is 0 Å². The number of rotatable bonds is 5. The molecule has 0 radical (unpaired) electrons. The minimum Gasteiger partial charge on any atom is -0.316 e. The molecule has 13 heavy (non-hydrogen) atoms. The van der Waals surface area contributed by atoms with E-state index in [0.29, 0.717) is 0 Å². The summed E-state index contributed by atoms with van der Waals surface area (Å²) in [7, 11) is 0. The summed E-state index contributed by atoms with van der Waals surface area (Å²) in [5, 5.41) is 3.61. The van der Waals surface area contributed by atoms with Crippen LogP contribution in [0, 0.1) is 11.8 Å². The molecule has 0 heterocycles. The number of hydrogen-bond donors (Lipinski definition) is 1. The van der Waals surface area contributed by atoms with Gasteiger partial charge in [-0.2, -0.15) is 0 Å². The summed E-state index contributed by atoms with van der Waals surface area (Å²) in [5.74, 6) is 2.09. The zero-order valence-electron chi connectivity index (χ0n) is 8.73. The van der Waals surface area contributed by atoms with Crippen molar-refractivity contribution in [3.8, 4) is 0 Å². The van der Waals surface area contributed by atoms with Crippen LogP contribution in [0.2, 0.25) is 0 Å². The molecule has 0 aromatic rings. The quantitative estimate of drug-likeness (QED) is 0.643. The Hall–Kier alpha value is -0.0400. The van der Waals surface area contributed by atoms with Crippen LogP contribution in [-0.2, 0) is 0 Å². The molecule has 0 spiro atoms. The lowest BCUT2D eigenvalue weighted by Crippen LogP contribution is -2.28. The lowest BCUT2D eigenvalue weighted by Gasteiger charge is -2.25. The van der Waals surface area contributed by atoms with Gasteiger partial charge in [0.2, 0.25) is 0 Å². The van der Waals surface area contributed by atoms with E-state index in [1.54, 1.807) is 0 Å². The summed E-state index contributed by atoms with van der Waals surface area (Å²) in [5.41, 5.74) is 0. The fourth-order valence-electron chi connectivity index (χ4n) is 2.61. The van der Waals surface area contributed by atoms with E-state index in [-0.39, 0.29) is 0 Å². The summed E-state index contributed by atoms with van der Waals surface area (Å²) >= 11 is 0. The standard InChI is InChI=1S/C12H23N/c1-2-5-11(4-1)8-9-13-10-12-6-3-7-12/h11-13H,1-10H2. The molecule has 0 aromatic heterocycles. The van der Waals surface area contributed by atoms with E-state index < -0.39 is 0 Å². The monoisotopic (exact) mass is 181 g/mol. The maximum atomic E-state index is 3.61. The summed E-state index contributed by atoms with van der Waals surface area (Å²) in [6, 6.07) is 0. The molecule has 2 aliphatic rings. The van der Waals surface area contributed by atoms with Crippen LogP contribution in [0.25, 0.3) is 0 Å². The van der Waals surface area contributed by atoms with Gasteiger partial charge in [0.15, 0.2) is 0 Å². The minimum absolute atomic E-state index is 1.03. The van der Waals surface area contributed by atoms with Crippen molar-refractivity contribution in [1.82, 2.24) is 5.32 Å². The van der Waals surface area contributed by atoms with Crippen molar-refractivity contribution in [2.24, 2.45) is 11.8 Å². The van der Waals surface area contributed by atoms with Gasteiger partial charge in [-0.05, 0) is 44.2 Å². The lowest BCUT2D eigenvalue weighted by atomic mass is 9.85. The highest BCUT2D eigenvalue weighted by molar-refractivity contribution is 4.73. The van der Waals surface area contributed by atoms with Gasteiger partial charge in [-0.15, -0.1) is 0 Å². The summed E-state index contributed by atoms with van der Waals surface area (Å²) in [4.78, 5) is 0. The molecule has 0 aromatic carbocycles. The third-order valence-electron chi connectivity index (χ3n) is 3.86. The Labute approximate surface area is 82.3 Å². The van der Waals surface area contributed by atoms with Crippen LogP contribution in [-0.4, -0.2) is 13.1 Å². The molecule has 0 aliphatic heterocycles. The molecular weight excluding hydrogens is 158 g/mol. The molecule has 2 fully saturated rings. The van der Waals surface area contributed by atoms with Gasteiger partial charge in [0, 0.05) is 0 Å². The molecule has 1 nitrogen and oxygen atoms in total. The second kappa shape index (κ2) is 4.99. The second-order valence-electron chi connectivity index (χ2n) is 4.94. The fraction of sp³-hybridized carbons (Fsp3) is 1.00. The van der Waals surface area contributed by atoms with E-state index in [4.69, 9.17) is 0 Å². The average molecular weight is 181 g/mol. The Balaban J connectivity index is 1.43. The van der Waals surface area contributed by atoms with Crippen LogP contribution >= 0.6 is 0 Å². The molecule has 0 atom stereocenters. The highest BCUT2D eigenvalue weighted by Crippen LogP contribution is 2.27. The largest absolute Gasteiger partial charge is 0.316 e. The van der Waals surface area contributed by atoms with Gasteiger partial charge in [0.25, 0.3) is 0 Å². The van der Waals surface area contributed by atoms with Crippen molar-refractivity contribution in [2.75, 3.05) is 13.1 Å². The SMILES string of the molecule is C1CCC(CCNCC2CCC2)C1. The van der Waals surface area contributed by atoms with Crippen molar-refractivity contribution >= 4 is 0 Å². The normalized spacial score (nSPS) is 24.9. The highest BCUT2D eigenvalue weighted by atomic mass is 14.9. The molecule has 0 saturated heterocycles. The average Bonchev–Trinajstić information content (AvgIpc) is 2.53. The van der Waals surface area contributed by atoms with Crippen LogP contribution in [0.5, 0.6) is 0 Å². The van der Waals surface area contributed by atoms with Crippen molar-refractivity contribution in [3.05, 3.63) is 0 Å². The number of nitrogens with one attached hydrogen (secondary N) is 1. The summed E-state index contributed by atoms with van der Waals surface area (Å²) < 4.78 is 0. The first kappa shape index (κ1) is 9.51. The Morgan fingerprint density at radius 1 is 0.846 bits per heavy atom. The third kappa shape index (κ3) is 2.98. The zero-order chi connectivity index (χ0) is 8.93. The maximum absolute atomic E-state index is 3.61. The van der Waals surface area contributed by atoms with E-state index in [2.05, 4.69) is 5.32 Å².